The van der Waals surface area contributed by atoms with Crippen LogP contribution in [-0.2, 0) is 22.4 Å². The van der Waals surface area contributed by atoms with E-state index in [1.165, 1.54) is 10.4 Å². The summed E-state index contributed by atoms with van der Waals surface area (Å²) in [5.74, 6) is -0.0720. The summed E-state index contributed by atoms with van der Waals surface area (Å²) in [7, 11) is 0. The molecule has 154 valence electrons. The molecule has 30 heavy (non-hydrogen) atoms. The van der Waals surface area contributed by atoms with Crippen molar-refractivity contribution in [2.45, 2.75) is 18.9 Å². The van der Waals surface area contributed by atoms with Crippen LogP contribution in [0, 0.1) is 0 Å². The lowest BCUT2D eigenvalue weighted by Crippen LogP contribution is -2.47. The Hall–Kier alpha value is -2.70. The van der Waals surface area contributed by atoms with E-state index >= 15 is 0 Å². The molecule has 1 aliphatic heterocycles. The minimum absolute atomic E-state index is 0.0258. The highest BCUT2D eigenvalue weighted by Gasteiger charge is 2.33. The van der Waals surface area contributed by atoms with Crippen LogP contribution in [0.4, 0.5) is 0 Å². The molecule has 0 saturated heterocycles. The molecular formula is C24H24N2O2S2. The molecule has 3 heterocycles. The smallest absolute Gasteiger partial charge is 0.243 e. The van der Waals surface area contributed by atoms with Crippen molar-refractivity contribution in [3.05, 3.63) is 92.8 Å². The topological polar surface area (TPSA) is 40.6 Å². The second-order valence-corrected chi connectivity index (χ2v) is 9.30. The normalized spacial score (nSPS) is 15.5. The molecule has 2 amide bonds. The lowest BCUT2D eigenvalue weighted by Gasteiger charge is -2.37. The van der Waals surface area contributed by atoms with Gasteiger partial charge in [-0.2, -0.15) is 0 Å². The summed E-state index contributed by atoms with van der Waals surface area (Å²) in [5, 5.41) is 4.06. The van der Waals surface area contributed by atoms with Gasteiger partial charge < -0.3 is 9.80 Å². The fraction of sp³-hybridized carbons (Fsp3) is 0.250. The summed E-state index contributed by atoms with van der Waals surface area (Å²) in [6, 6.07) is 16.1. The van der Waals surface area contributed by atoms with Crippen molar-refractivity contribution in [3.63, 3.8) is 0 Å². The van der Waals surface area contributed by atoms with Crippen molar-refractivity contribution in [3.8, 4) is 0 Å². The maximum absolute atomic E-state index is 13.4. The van der Waals surface area contributed by atoms with Gasteiger partial charge in [0, 0.05) is 22.8 Å². The predicted molar refractivity (Wildman–Crippen MR) is 123 cm³/mol. The molecule has 3 aromatic rings. The molecule has 2 aromatic heterocycles. The minimum Gasteiger partial charge on any atom is -0.330 e. The van der Waals surface area contributed by atoms with E-state index in [9.17, 15) is 9.59 Å². The maximum atomic E-state index is 13.4. The van der Waals surface area contributed by atoms with E-state index in [0.717, 1.165) is 16.9 Å². The van der Waals surface area contributed by atoms with Crippen LogP contribution in [0.3, 0.4) is 0 Å². The number of thiophene rings is 2. The van der Waals surface area contributed by atoms with Crippen LogP contribution in [0.25, 0.3) is 0 Å². The summed E-state index contributed by atoms with van der Waals surface area (Å²) in [6.45, 7) is 4.86. The number of fused-ring (bicyclic) bond motifs is 1. The Kier molecular flexibility index (Phi) is 6.45. The second kappa shape index (κ2) is 9.41. The van der Waals surface area contributed by atoms with E-state index in [2.05, 4.69) is 30.2 Å². The van der Waals surface area contributed by atoms with E-state index in [1.807, 2.05) is 40.6 Å². The number of benzene rings is 1. The third-order valence-electron chi connectivity index (χ3n) is 5.34. The number of carbonyl (C=O) groups is 2. The molecule has 0 bridgehead atoms. The van der Waals surface area contributed by atoms with E-state index in [4.69, 9.17) is 0 Å². The molecule has 0 spiro atoms. The molecule has 4 nitrogen and oxygen atoms in total. The van der Waals surface area contributed by atoms with Gasteiger partial charge in [0.2, 0.25) is 11.8 Å². The maximum Gasteiger partial charge on any atom is 0.243 e. The lowest BCUT2D eigenvalue weighted by atomic mass is 9.93. The van der Waals surface area contributed by atoms with Crippen LogP contribution in [0.5, 0.6) is 0 Å². The minimum atomic E-state index is -0.105. The zero-order valence-electron chi connectivity index (χ0n) is 16.7. The van der Waals surface area contributed by atoms with Crippen molar-refractivity contribution in [2.24, 2.45) is 0 Å². The van der Waals surface area contributed by atoms with Gasteiger partial charge in [0.1, 0.15) is 6.54 Å². The van der Waals surface area contributed by atoms with Crippen molar-refractivity contribution in [1.29, 1.82) is 0 Å². The first-order valence-corrected chi connectivity index (χ1v) is 11.7. The van der Waals surface area contributed by atoms with Gasteiger partial charge in [-0.25, -0.2) is 0 Å². The van der Waals surface area contributed by atoms with E-state index in [1.54, 1.807) is 33.6 Å². The number of rotatable bonds is 7. The number of hydrogen-bond acceptors (Lipinski definition) is 4. The molecule has 1 unspecified atom stereocenters. The van der Waals surface area contributed by atoms with Crippen LogP contribution in [0.15, 0.2) is 71.9 Å². The number of nitrogens with zero attached hydrogens (tertiary/aromatic N) is 2. The Morgan fingerprint density at radius 2 is 1.93 bits per heavy atom. The number of amides is 2. The molecule has 1 aromatic carbocycles. The summed E-state index contributed by atoms with van der Waals surface area (Å²) < 4.78 is 0. The Balaban J connectivity index is 1.55. The third kappa shape index (κ3) is 4.40. The van der Waals surface area contributed by atoms with E-state index in [0.29, 0.717) is 19.5 Å². The standard InChI is InChI=1S/C24H24N2O2S2/c1-2-12-25(22(27)16-19-9-6-14-29-19)17-23(28)26-13-10-21-20(11-15-30-21)24(26)18-7-4-3-5-8-18/h2-9,11,14-15,24H,1,10,12-13,16-17H2. The van der Waals surface area contributed by atoms with Gasteiger partial charge in [-0.05, 0) is 40.4 Å². The van der Waals surface area contributed by atoms with Crippen molar-refractivity contribution in [1.82, 2.24) is 9.80 Å². The molecule has 0 saturated carbocycles. The second-order valence-electron chi connectivity index (χ2n) is 7.27. The Labute approximate surface area is 185 Å². The molecule has 6 heteroatoms. The van der Waals surface area contributed by atoms with Crippen LogP contribution in [-0.4, -0.2) is 41.2 Å². The molecule has 1 atom stereocenters. The Morgan fingerprint density at radius 1 is 1.10 bits per heavy atom. The first-order valence-electron chi connectivity index (χ1n) is 9.99. The highest BCUT2D eigenvalue weighted by molar-refractivity contribution is 7.10. The van der Waals surface area contributed by atoms with Gasteiger partial charge >= 0.3 is 0 Å². The number of carbonyl (C=O) groups excluding carboxylic acids is 2. The molecule has 0 N–H and O–H groups in total. The highest BCUT2D eigenvalue weighted by Crippen LogP contribution is 2.37. The third-order valence-corrected chi connectivity index (χ3v) is 7.21. The summed E-state index contributed by atoms with van der Waals surface area (Å²) in [5.41, 5.74) is 2.30. The molecule has 0 radical (unpaired) electrons. The summed E-state index contributed by atoms with van der Waals surface area (Å²) in [6.07, 6.45) is 2.85. The molecular weight excluding hydrogens is 412 g/mol. The van der Waals surface area contributed by atoms with Gasteiger partial charge in [-0.1, -0.05) is 42.5 Å². The van der Waals surface area contributed by atoms with Crippen LogP contribution < -0.4 is 0 Å². The van der Waals surface area contributed by atoms with E-state index < -0.39 is 0 Å². The highest BCUT2D eigenvalue weighted by atomic mass is 32.1. The SMILES string of the molecule is C=CCN(CC(=O)N1CCc2sccc2C1c1ccccc1)C(=O)Cc1cccs1. The Bertz CT molecular complexity index is 1010. The predicted octanol–water partition coefficient (Wildman–Crippen LogP) is 4.54. The molecule has 0 aliphatic carbocycles. The van der Waals surface area contributed by atoms with E-state index in [-0.39, 0.29) is 24.4 Å². The largest absolute Gasteiger partial charge is 0.330 e. The fourth-order valence-electron chi connectivity index (χ4n) is 3.92. The first-order chi connectivity index (χ1) is 14.7. The number of hydrogen-bond donors (Lipinski definition) is 0. The quantitative estimate of drug-likeness (QED) is 0.510. The van der Waals surface area contributed by atoms with Gasteiger partial charge in [-0.3, -0.25) is 9.59 Å². The Morgan fingerprint density at radius 3 is 2.67 bits per heavy atom. The zero-order chi connectivity index (χ0) is 20.9. The molecule has 0 fully saturated rings. The van der Waals surface area contributed by atoms with Crippen molar-refractivity contribution in [2.75, 3.05) is 19.6 Å². The fourth-order valence-corrected chi connectivity index (χ4v) is 5.52. The lowest BCUT2D eigenvalue weighted by molar-refractivity contribution is -0.141. The van der Waals surface area contributed by atoms with Crippen molar-refractivity contribution >= 4 is 34.5 Å². The van der Waals surface area contributed by atoms with Crippen molar-refractivity contribution < 1.29 is 9.59 Å². The molecule has 4 rings (SSSR count). The zero-order valence-corrected chi connectivity index (χ0v) is 18.3. The first kappa shape index (κ1) is 20.6. The van der Waals surface area contributed by atoms with Gasteiger partial charge in [-0.15, -0.1) is 29.3 Å². The van der Waals surface area contributed by atoms with Gasteiger partial charge in [0.25, 0.3) is 0 Å². The average molecular weight is 437 g/mol. The van der Waals surface area contributed by atoms with Crippen LogP contribution in [0.2, 0.25) is 0 Å². The summed E-state index contributed by atoms with van der Waals surface area (Å²) >= 11 is 3.31. The molecule has 1 aliphatic rings. The van der Waals surface area contributed by atoms with Crippen LogP contribution >= 0.6 is 22.7 Å². The monoisotopic (exact) mass is 436 g/mol. The average Bonchev–Trinajstić information content (AvgIpc) is 3.45. The van der Waals surface area contributed by atoms with Gasteiger partial charge in [0.05, 0.1) is 12.5 Å². The van der Waals surface area contributed by atoms with Crippen LogP contribution in [0.1, 0.15) is 26.9 Å². The van der Waals surface area contributed by atoms with Gasteiger partial charge in [0.15, 0.2) is 0 Å². The summed E-state index contributed by atoms with van der Waals surface area (Å²) in [4.78, 5) is 32.1.